The van der Waals surface area contributed by atoms with Gasteiger partial charge in [-0.05, 0) is 36.4 Å². The maximum absolute atomic E-state index is 13.2. The topological polar surface area (TPSA) is 78.5 Å². The van der Waals surface area contributed by atoms with Gasteiger partial charge in [0.2, 0.25) is 17.7 Å². The third-order valence-electron chi connectivity index (χ3n) is 4.04. The molecule has 0 radical (unpaired) electrons. The predicted molar refractivity (Wildman–Crippen MR) is 107 cm³/mol. The number of carbonyl (C=O) groups is 3. The van der Waals surface area contributed by atoms with Crippen LogP contribution in [0.5, 0.6) is 0 Å². The van der Waals surface area contributed by atoms with Crippen molar-refractivity contribution in [2.45, 2.75) is 16.6 Å². The summed E-state index contributed by atoms with van der Waals surface area (Å²) in [6.07, 6.45) is -0.0533. The van der Waals surface area contributed by atoms with Crippen LogP contribution in [0.1, 0.15) is 6.42 Å². The first-order valence-corrected chi connectivity index (χ1v) is 9.64. The number of rotatable bonds is 5. The van der Waals surface area contributed by atoms with E-state index in [9.17, 15) is 18.8 Å². The van der Waals surface area contributed by atoms with Gasteiger partial charge in [-0.25, -0.2) is 4.39 Å². The predicted octanol–water partition coefficient (Wildman–Crippen LogP) is 3.38. The molecule has 0 spiro atoms. The smallest absolute Gasteiger partial charge is 0.243 e. The van der Waals surface area contributed by atoms with Gasteiger partial charge >= 0.3 is 0 Å². The van der Waals surface area contributed by atoms with E-state index in [2.05, 4.69) is 10.6 Å². The molecule has 2 aromatic carbocycles. The van der Waals surface area contributed by atoms with Crippen LogP contribution in [-0.4, -0.2) is 41.5 Å². The van der Waals surface area contributed by atoms with Gasteiger partial charge in [0.25, 0.3) is 0 Å². The lowest BCUT2D eigenvalue weighted by atomic mass is 10.2. The monoisotopic (exact) mass is 421 g/mol. The summed E-state index contributed by atoms with van der Waals surface area (Å²) in [6.45, 7) is -0.208. The highest BCUT2D eigenvalue weighted by atomic mass is 35.5. The van der Waals surface area contributed by atoms with Gasteiger partial charge in [0.1, 0.15) is 5.82 Å². The summed E-state index contributed by atoms with van der Waals surface area (Å²) in [7, 11) is 1.48. The maximum atomic E-state index is 13.2. The highest BCUT2D eigenvalue weighted by Gasteiger charge is 2.30. The number of carbonyl (C=O) groups excluding carboxylic acids is 3. The Kier molecular flexibility index (Phi) is 6.21. The lowest BCUT2D eigenvalue weighted by Gasteiger charge is -2.25. The molecule has 2 N–H and O–H groups in total. The summed E-state index contributed by atoms with van der Waals surface area (Å²) in [6, 6.07) is 10.6. The zero-order valence-corrected chi connectivity index (χ0v) is 16.4. The molecule has 1 heterocycles. The van der Waals surface area contributed by atoms with Crippen LogP contribution in [0.2, 0.25) is 5.02 Å². The average Bonchev–Trinajstić information content (AvgIpc) is 2.62. The van der Waals surface area contributed by atoms with Crippen molar-refractivity contribution in [3.8, 4) is 0 Å². The standard InChI is InChI=1S/C19H17ClFN3O3S/c1-24(10-17(25)22-13-4-2-3-12(21)8-13)18(26)9-16-19(27)23-14-7-11(20)5-6-15(14)28-16/h2-8,16H,9-10H2,1H3,(H,22,25)(H,23,27)/t16-/m0/s1. The average molecular weight is 422 g/mol. The highest BCUT2D eigenvalue weighted by molar-refractivity contribution is 8.01. The molecular weight excluding hydrogens is 405 g/mol. The molecule has 3 rings (SSSR count). The minimum absolute atomic E-state index is 0.0533. The van der Waals surface area contributed by atoms with E-state index in [1.54, 1.807) is 24.3 Å². The first kappa shape index (κ1) is 20.2. The summed E-state index contributed by atoms with van der Waals surface area (Å²) < 4.78 is 13.2. The molecule has 6 nitrogen and oxygen atoms in total. The molecule has 28 heavy (non-hydrogen) atoms. The molecule has 0 fully saturated rings. The first-order chi connectivity index (χ1) is 13.3. The number of thioether (sulfide) groups is 1. The number of nitrogens with one attached hydrogen (secondary N) is 2. The molecule has 0 bridgehead atoms. The van der Waals surface area contributed by atoms with Gasteiger partial charge in [0.05, 0.1) is 17.5 Å². The zero-order valence-electron chi connectivity index (χ0n) is 14.9. The number of amides is 3. The van der Waals surface area contributed by atoms with Gasteiger partial charge in [-0.15, -0.1) is 11.8 Å². The quantitative estimate of drug-likeness (QED) is 0.775. The Labute approximate surface area is 170 Å². The molecular formula is C19H17ClFN3O3S. The Bertz CT molecular complexity index is 940. The number of anilines is 2. The van der Waals surface area contributed by atoms with Crippen LogP contribution >= 0.6 is 23.4 Å². The molecule has 146 valence electrons. The summed E-state index contributed by atoms with van der Waals surface area (Å²) in [4.78, 5) is 38.8. The molecule has 0 aromatic heterocycles. The summed E-state index contributed by atoms with van der Waals surface area (Å²) >= 11 is 7.20. The second-order valence-corrected chi connectivity index (χ2v) is 7.93. The SMILES string of the molecule is CN(CC(=O)Nc1cccc(F)c1)C(=O)C[C@@H]1Sc2ccc(Cl)cc2NC1=O. The Morgan fingerprint density at radius 2 is 2.07 bits per heavy atom. The third kappa shape index (κ3) is 5.02. The van der Waals surface area contributed by atoms with Gasteiger partial charge in [0, 0.05) is 29.1 Å². The second kappa shape index (κ2) is 8.62. The van der Waals surface area contributed by atoms with Gasteiger partial charge in [-0.3, -0.25) is 14.4 Å². The highest BCUT2D eigenvalue weighted by Crippen LogP contribution is 2.38. The third-order valence-corrected chi connectivity index (χ3v) is 5.55. The summed E-state index contributed by atoms with van der Waals surface area (Å²) in [5.74, 6) is -1.56. The van der Waals surface area contributed by atoms with Gasteiger partial charge in [-0.2, -0.15) is 0 Å². The van der Waals surface area contributed by atoms with Crippen LogP contribution in [0.15, 0.2) is 47.4 Å². The largest absolute Gasteiger partial charge is 0.336 e. The summed E-state index contributed by atoms with van der Waals surface area (Å²) in [5.41, 5.74) is 0.928. The second-order valence-electron chi connectivity index (χ2n) is 6.25. The molecule has 9 heteroatoms. The lowest BCUT2D eigenvalue weighted by molar-refractivity contribution is -0.134. The van der Waals surface area contributed by atoms with E-state index >= 15 is 0 Å². The van der Waals surface area contributed by atoms with Crippen LogP contribution in [0.25, 0.3) is 0 Å². The molecule has 0 saturated heterocycles. The molecule has 3 amide bonds. The van der Waals surface area contributed by atoms with Crippen LogP contribution in [-0.2, 0) is 14.4 Å². The van der Waals surface area contributed by atoms with Crippen molar-refractivity contribution in [2.24, 2.45) is 0 Å². The van der Waals surface area contributed by atoms with Gasteiger partial charge in [-0.1, -0.05) is 17.7 Å². The van der Waals surface area contributed by atoms with Crippen LogP contribution in [0.3, 0.4) is 0 Å². The molecule has 1 aliphatic heterocycles. The summed E-state index contributed by atoms with van der Waals surface area (Å²) in [5, 5.41) is 5.18. The number of halogens is 2. The molecule has 0 saturated carbocycles. The number of likely N-dealkylation sites (N-methyl/N-ethyl adjacent to an activating group) is 1. The first-order valence-electron chi connectivity index (χ1n) is 8.38. The Morgan fingerprint density at radius 1 is 1.29 bits per heavy atom. The van der Waals surface area contributed by atoms with E-state index in [0.29, 0.717) is 16.4 Å². The molecule has 1 aliphatic rings. The van der Waals surface area contributed by atoms with Crippen LogP contribution < -0.4 is 10.6 Å². The van der Waals surface area contributed by atoms with E-state index in [-0.39, 0.29) is 24.8 Å². The minimum Gasteiger partial charge on any atom is -0.336 e. The number of nitrogens with zero attached hydrogens (tertiary/aromatic N) is 1. The zero-order chi connectivity index (χ0) is 20.3. The number of hydrogen-bond acceptors (Lipinski definition) is 4. The lowest BCUT2D eigenvalue weighted by Crippen LogP contribution is -2.39. The van der Waals surface area contributed by atoms with Gasteiger partial charge in [0.15, 0.2) is 0 Å². The fourth-order valence-corrected chi connectivity index (χ4v) is 3.90. The van der Waals surface area contributed by atoms with Crippen LogP contribution in [0.4, 0.5) is 15.8 Å². The maximum Gasteiger partial charge on any atom is 0.243 e. The van der Waals surface area contributed by atoms with E-state index in [1.807, 2.05) is 0 Å². The van der Waals surface area contributed by atoms with Crippen molar-refractivity contribution >= 4 is 52.5 Å². The molecule has 1 atom stereocenters. The van der Waals surface area contributed by atoms with Crippen LogP contribution in [0, 0.1) is 5.82 Å². The van der Waals surface area contributed by atoms with Crippen molar-refractivity contribution < 1.29 is 18.8 Å². The molecule has 2 aromatic rings. The Hall–Kier alpha value is -2.58. The normalized spacial score (nSPS) is 15.4. The molecule has 0 aliphatic carbocycles. The van der Waals surface area contributed by atoms with Crippen molar-refractivity contribution in [3.05, 3.63) is 53.3 Å². The van der Waals surface area contributed by atoms with Crippen molar-refractivity contribution in [1.82, 2.24) is 4.90 Å². The van der Waals surface area contributed by atoms with Crippen molar-refractivity contribution in [3.63, 3.8) is 0 Å². The van der Waals surface area contributed by atoms with Gasteiger partial charge < -0.3 is 15.5 Å². The van der Waals surface area contributed by atoms with E-state index in [4.69, 9.17) is 11.6 Å². The number of hydrogen-bond donors (Lipinski definition) is 2. The fraction of sp³-hybridized carbons (Fsp3) is 0.211. The van der Waals surface area contributed by atoms with Crippen molar-refractivity contribution in [1.29, 1.82) is 0 Å². The number of benzene rings is 2. The van der Waals surface area contributed by atoms with Crippen molar-refractivity contribution in [2.75, 3.05) is 24.2 Å². The number of fused-ring (bicyclic) bond motifs is 1. The van der Waals surface area contributed by atoms with E-state index in [1.165, 1.54) is 41.9 Å². The minimum atomic E-state index is -0.602. The van der Waals surface area contributed by atoms with E-state index in [0.717, 1.165) is 4.90 Å². The Morgan fingerprint density at radius 3 is 2.82 bits per heavy atom. The van der Waals surface area contributed by atoms with E-state index < -0.39 is 17.0 Å². The Balaban J connectivity index is 1.56. The molecule has 0 unspecified atom stereocenters. The fourth-order valence-electron chi connectivity index (χ4n) is 2.64.